The average Bonchev–Trinajstić information content (AvgIpc) is 3.09. The van der Waals surface area contributed by atoms with E-state index >= 15 is 0 Å². The molecule has 0 aliphatic carbocycles. The number of carbonyl (C=O) groups excluding carboxylic acids is 1. The van der Waals surface area contributed by atoms with E-state index in [0.29, 0.717) is 30.0 Å². The summed E-state index contributed by atoms with van der Waals surface area (Å²) in [6.07, 6.45) is 3.79. The van der Waals surface area contributed by atoms with Crippen LogP contribution in [0.1, 0.15) is 41.7 Å². The molecule has 0 spiro atoms. The Labute approximate surface area is 142 Å². The van der Waals surface area contributed by atoms with E-state index in [-0.39, 0.29) is 5.91 Å². The Morgan fingerprint density at radius 3 is 2.83 bits per heavy atom. The molecule has 0 radical (unpaired) electrons. The number of likely N-dealkylation sites (tertiary alicyclic amines) is 1. The number of benzene rings is 1. The second-order valence-corrected chi connectivity index (χ2v) is 6.30. The summed E-state index contributed by atoms with van der Waals surface area (Å²) in [5, 5.41) is 3.04. The Balaban J connectivity index is 1.60. The number of amides is 1. The molecular weight excluding hydrogens is 300 g/mol. The molecule has 3 N–H and O–H groups in total. The van der Waals surface area contributed by atoms with Crippen LogP contribution in [-0.4, -0.2) is 34.9 Å². The van der Waals surface area contributed by atoms with Crippen molar-refractivity contribution in [2.75, 3.05) is 18.8 Å². The van der Waals surface area contributed by atoms with E-state index in [4.69, 9.17) is 5.73 Å². The molecule has 1 amide bonds. The quantitative estimate of drug-likeness (QED) is 0.887. The number of aromatic nitrogens is 1. The monoisotopic (exact) mass is 324 g/mol. The molecule has 5 heteroatoms. The predicted octanol–water partition coefficient (Wildman–Crippen LogP) is 2.62. The Kier molecular flexibility index (Phi) is 5.11. The Bertz CT molecular complexity index is 672. The minimum Gasteiger partial charge on any atom is -0.384 e. The van der Waals surface area contributed by atoms with Crippen LogP contribution in [0.2, 0.25) is 0 Å². The van der Waals surface area contributed by atoms with Crippen molar-refractivity contribution in [3.63, 3.8) is 0 Å². The van der Waals surface area contributed by atoms with Crippen molar-refractivity contribution >= 4 is 11.7 Å². The molecule has 2 heterocycles. The van der Waals surface area contributed by atoms with Crippen LogP contribution >= 0.6 is 0 Å². The number of nitrogens with two attached hydrogens (primary N) is 1. The first-order valence-electron chi connectivity index (χ1n) is 8.45. The van der Waals surface area contributed by atoms with Gasteiger partial charge in [0.1, 0.15) is 5.82 Å². The highest BCUT2D eigenvalue weighted by Gasteiger charge is 2.29. The zero-order chi connectivity index (χ0) is 16.9. The highest BCUT2D eigenvalue weighted by molar-refractivity contribution is 5.94. The molecule has 2 unspecified atom stereocenters. The van der Waals surface area contributed by atoms with Crippen LogP contribution in [0.5, 0.6) is 0 Å². The van der Waals surface area contributed by atoms with Crippen molar-refractivity contribution in [3.05, 3.63) is 59.8 Å². The second kappa shape index (κ2) is 7.45. The highest BCUT2D eigenvalue weighted by atomic mass is 16.1. The smallest absolute Gasteiger partial charge is 0.252 e. The molecule has 1 fully saturated rings. The third kappa shape index (κ3) is 3.74. The number of anilines is 1. The largest absolute Gasteiger partial charge is 0.384 e. The molecule has 3 rings (SSSR count). The van der Waals surface area contributed by atoms with Gasteiger partial charge in [0.25, 0.3) is 5.91 Å². The van der Waals surface area contributed by atoms with Crippen LogP contribution in [-0.2, 0) is 0 Å². The third-order valence-electron chi connectivity index (χ3n) is 4.75. The van der Waals surface area contributed by atoms with Crippen molar-refractivity contribution < 1.29 is 4.79 Å². The SMILES string of the molecule is CC(c1ccccc1)N1CCCC1CNC(=O)c1ccc(N)nc1. The molecule has 1 aliphatic rings. The lowest BCUT2D eigenvalue weighted by molar-refractivity contribution is 0.0933. The first kappa shape index (κ1) is 16.5. The van der Waals surface area contributed by atoms with E-state index in [0.717, 1.165) is 13.0 Å². The summed E-state index contributed by atoms with van der Waals surface area (Å²) in [4.78, 5) is 18.7. The van der Waals surface area contributed by atoms with Crippen molar-refractivity contribution in [2.24, 2.45) is 0 Å². The predicted molar refractivity (Wildman–Crippen MR) is 95.6 cm³/mol. The number of hydrogen-bond donors (Lipinski definition) is 2. The van der Waals surface area contributed by atoms with Gasteiger partial charge in [-0.25, -0.2) is 4.98 Å². The Morgan fingerprint density at radius 2 is 2.12 bits per heavy atom. The molecule has 5 nitrogen and oxygen atoms in total. The van der Waals surface area contributed by atoms with Crippen LogP contribution < -0.4 is 11.1 Å². The molecule has 24 heavy (non-hydrogen) atoms. The van der Waals surface area contributed by atoms with Crippen molar-refractivity contribution in [3.8, 4) is 0 Å². The number of nitrogens with zero attached hydrogens (tertiary/aromatic N) is 2. The number of nitrogen functional groups attached to an aromatic ring is 1. The zero-order valence-electron chi connectivity index (χ0n) is 14.0. The summed E-state index contributed by atoms with van der Waals surface area (Å²) in [5.41, 5.74) is 7.42. The summed E-state index contributed by atoms with van der Waals surface area (Å²) in [6.45, 7) is 3.96. The van der Waals surface area contributed by atoms with Crippen LogP contribution in [0.25, 0.3) is 0 Å². The highest BCUT2D eigenvalue weighted by Crippen LogP contribution is 2.28. The van der Waals surface area contributed by atoms with Gasteiger partial charge >= 0.3 is 0 Å². The van der Waals surface area contributed by atoms with Gasteiger partial charge < -0.3 is 11.1 Å². The fourth-order valence-corrected chi connectivity index (χ4v) is 3.36. The van der Waals surface area contributed by atoms with E-state index < -0.39 is 0 Å². The lowest BCUT2D eigenvalue weighted by atomic mass is 10.1. The van der Waals surface area contributed by atoms with Crippen LogP contribution in [0.3, 0.4) is 0 Å². The summed E-state index contributed by atoms with van der Waals surface area (Å²) in [5.74, 6) is 0.326. The van der Waals surface area contributed by atoms with Gasteiger partial charge in [0.2, 0.25) is 0 Å². The molecule has 1 saturated heterocycles. The van der Waals surface area contributed by atoms with E-state index in [1.165, 1.54) is 18.2 Å². The molecule has 2 aromatic rings. The number of carbonyl (C=O) groups is 1. The van der Waals surface area contributed by atoms with Crippen molar-refractivity contribution in [1.82, 2.24) is 15.2 Å². The standard InChI is InChI=1S/C19H24N4O/c1-14(15-6-3-2-4-7-15)23-11-5-8-17(23)13-22-19(24)16-9-10-18(20)21-12-16/h2-4,6-7,9-10,12,14,17H,5,8,11,13H2,1H3,(H2,20,21)(H,22,24). The molecule has 1 aromatic heterocycles. The van der Waals surface area contributed by atoms with Crippen molar-refractivity contribution in [2.45, 2.75) is 31.8 Å². The number of rotatable bonds is 5. The van der Waals surface area contributed by atoms with E-state index in [1.807, 2.05) is 6.07 Å². The third-order valence-corrected chi connectivity index (χ3v) is 4.75. The molecule has 2 atom stereocenters. The van der Waals surface area contributed by atoms with Gasteiger partial charge in [-0.15, -0.1) is 0 Å². The fourth-order valence-electron chi connectivity index (χ4n) is 3.36. The molecule has 1 aliphatic heterocycles. The van der Waals surface area contributed by atoms with Gasteiger partial charge in [-0.05, 0) is 44.0 Å². The van der Waals surface area contributed by atoms with Gasteiger partial charge in [0, 0.05) is 24.8 Å². The second-order valence-electron chi connectivity index (χ2n) is 6.30. The van der Waals surface area contributed by atoms with Gasteiger partial charge in [-0.3, -0.25) is 9.69 Å². The van der Waals surface area contributed by atoms with E-state index in [9.17, 15) is 4.79 Å². The topological polar surface area (TPSA) is 71.2 Å². The number of pyridine rings is 1. The number of hydrogen-bond acceptors (Lipinski definition) is 4. The van der Waals surface area contributed by atoms with Crippen LogP contribution in [0, 0.1) is 0 Å². The minimum absolute atomic E-state index is 0.0956. The first-order chi connectivity index (χ1) is 11.6. The minimum atomic E-state index is -0.0956. The van der Waals surface area contributed by atoms with Crippen LogP contribution in [0.4, 0.5) is 5.82 Å². The maximum atomic E-state index is 12.2. The Morgan fingerprint density at radius 1 is 1.33 bits per heavy atom. The van der Waals surface area contributed by atoms with Gasteiger partial charge in [0.05, 0.1) is 5.56 Å². The van der Waals surface area contributed by atoms with Gasteiger partial charge in [-0.2, -0.15) is 0 Å². The molecule has 0 saturated carbocycles. The summed E-state index contributed by atoms with van der Waals surface area (Å²) >= 11 is 0. The average molecular weight is 324 g/mol. The normalized spacial score (nSPS) is 19.1. The summed E-state index contributed by atoms with van der Waals surface area (Å²) < 4.78 is 0. The first-order valence-corrected chi connectivity index (χ1v) is 8.45. The summed E-state index contributed by atoms with van der Waals surface area (Å²) in [7, 11) is 0. The maximum Gasteiger partial charge on any atom is 0.252 e. The maximum absolute atomic E-state index is 12.2. The van der Waals surface area contributed by atoms with Gasteiger partial charge in [0.15, 0.2) is 0 Å². The van der Waals surface area contributed by atoms with Crippen molar-refractivity contribution in [1.29, 1.82) is 0 Å². The van der Waals surface area contributed by atoms with E-state index in [1.54, 1.807) is 12.1 Å². The van der Waals surface area contributed by atoms with E-state index in [2.05, 4.69) is 46.4 Å². The Hall–Kier alpha value is -2.40. The molecule has 1 aromatic carbocycles. The van der Waals surface area contributed by atoms with Gasteiger partial charge in [-0.1, -0.05) is 30.3 Å². The summed E-state index contributed by atoms with van der Waals surface area (Å²) in [6, 6.07) is 14.6. The van der Waals surface area contributed by atoms with Crippen LogP contribution in [0.15, 0.2) is 48.7 Å². The molecule has 0 bridgehead atoms. The fraction of sp³-hybridized carbons (Fsp3) is 0.368. The number of nitrogens with one attached hydrogen (secondary N) is 1. The lowest BCUT2D eigenvalue weighted by Gasteiger charge is -2.31. The molecule has 126 valence electrons. The zero-order valence-corrected chi connectivity index (χ0v) is 14.0. The lowest BCUT2D eigenvalue weighted by Crippen LogP contribution is -2.41. The molecular formula is C19H24N4O.